The number of carbonyl (C=O) groups excluding carboxylic acids is 3. The molecule has 0 bridgehead atoms. The molecule has 2 aromatic carbocycles. The standard InChI is InChI=1S/C31H43N3O6/c1-5-18-34(6-2)30(38)39-21-26-22-10-7-8-11-23(22)28-24(26)12-9-13-25(28)29(37)33-17-16-32-27(36)14-20-40-31(3,4)15-19-35/h7-13,26,35H,5-6,14-21H2,1-4H3,(H,32,36)(H,33,37). The van der Waals surface area contributed by atoms with Gasteiger partial charge in [-0.2, -0.15) is 0 Å². The number of hydrogen-bond acceptors (Lipinski definition) is 6. The third kappa shape index (κ3) is 8.05. The van der Waals surface area contributed by atoms with Crippen molar-refractivity contribution in [2.24, 2.45) is 0 Å². The Morgan fingerprint density at radius 1 is 1.00 bits per heavy atom. The largest absolute Gasteiger partial charge is 0.448 e. The van der Waals surface area contributed by atoms with Gasteiger partial charge >= 0.3 is 6.09 Å². The fraction of sp³-hybridized carbons (Fsp3) is 0.516. The fourth-order valence-electron chi connectivity index (χ4n) is 4.94. The topological polar surface area (TPSA) is 117 Å². The van der Waals surface area contributed by atoms with Crippen molar-refractivity contribution in [1.29, 1.82) is 0 Å². The number of nitrogens with one attached hydrogen (secondary N) is 2. The smallest absolute Gasteiger partial charge is 0.409 e. The molecule has 3 N–H and O–H groups in total. The minimum Gasteiger partial charge on any atom is -0.448 e. The van der Waals surface area contributed by atoms with Crippen molar-refractivity contribution < 1.29 is 29.0 Å². The van der Waals surface area contributed by atoms with E-state index in [0.29, 0.717) is 31.6 Å². The Kier molecular flexibility index (Phi) is 11.5. The summed E-state index contributed by atoms with van der Waals surface area (Å²) in [7, 11) is 0. The van der Waals surface area contributed by atoms with E-state index >= 15 is 0 Å². The highest BCUT2D eigenvalue weighted by atomic mass is 16.6. The van der Waals surface area contributed by atoms with E-state index in [2.05, 4.69) is 10.6 Å². The highest BCUT2D eigenvalue weighted by molar-refractivity contribution is 6.03. The number of ether oxygens (including phenoxy) is 2. The van der Waals surface area contributed by atoms with Gasteiger partial charge in [0.05, 0.1) is 12.2 Å². The summed E-state index contributed by atoms with van der Waals surface area (Å²) in [5.74, 6) is -0.554. The lowest BCUT2D eigenvalue weighted by atomic mass is 9.96. The molecule has 3 amide bonds. The molecule has 40 heavy (non-hydrogen) atoms. The molecule has 1 atom stereocenters. The molecule has 1 aliphatic carbocycles. The zero-order valence-corrected chi connectivity index (χ0v) is 24.1. The predicted molar refractivity (Wildman–Crippen MR) is 154 cm³/mol. The van der Waals surface area contributed by atoms with Crippen LogP contribution in [0.1, 0.15) is 74.4 Å². The van der Waals surface area contributed by atoms with Crippen LogP contribution < -0.4 is 10.6 Å². The van der Waals surface area contributed by atoms with E-state index in [1.54, 1.807) is 11.0 Å². The molecule has 1 aliphatic rings. The average Bonchev–Trinajstić information content (AvgIpc) is 3.26. The molecule has 0 radical (unpaired) electrons. The van der Waals surface area contributed by atoms with Crippen molar-refractivity contribution in [3.05, 3.63) is 59.2 Å². The molecule has 218 valence electrons. The molecule has 0 fully saturated rings. The van der Waals surface area contributed by atoms with Crippen LogP contribution in [0.25, 0.3) is 11.1 Å². The summed E-state index contributed by atoms with van der Waals surface area (Å²) < 4.78 is 11.4. The van der Waals surface area contributed by atoms with Crippen LogP contribution in [-0.4, -0.2) is 79.5 Å². The van der Waals surface area contributed by atoms with Crippen molar-refractivity contribution in [2.45, 2.75) is 58.5 Å². The van der Waals surface area contributed by atoms with E-state index in [1.807, 2.05) is 64.1 Å². The Morgan fingerprint density at radius 3 is 2.45 bits per heavy atom. The Bertz CT molecular complexity index is 1170. The number of nitrogens with zero attached hydrogens (tertiary/aromatic N) is 1. The molecule has 0 spiro atoms. The lowest BCUT2D eigenvalue weighted by Crippen LogP contribution is -2.35. The third-order valence-corrected chi connectivity index (χ3v) is 7.10. The summed E-state index contributed by atoms with van der Waals surface area (Å²) in [6, 6.07) is 13.5. The molecule has 9 heteroatoms. The van der Waals surface area contributed by atoms with Crippen molar-refractivity contribution in [1.82, 2.24) is 15.5 Å². The first-order valence-corrected chi connectivity index (χ1v) is 14.2. The van der Waals surface area contributed by atoms with E-state index in [1.165, 1.54) is 0 Å². The van der Waals surface area contributed by atoms with Gasteiger partial charge in [-0.15, -0.1) is 0 Å². The number of benzene rings is 2. The fourth-order valence-corrected chi connectivity index (χ4v) is 4.94. The Balaban J connectivity index is 1.60. The molecule has 0 saturated heterocycles. The van der Waals surface area contributed by atoms with Crippen LogP contribution in [0.4, 0.5) is 4.79 Å². The van der Waals surface area contributed by atoms with Crippen LogP contribution >= 0.6 is 0 Å². The van der Waals surface area contributed by atoms with Crippen LogP contribution in [0.2, 0.25) is 0 Å². The Morgan fingerprint density at radius 2 is 1.73 bits per heavy atom. The average molecular weight is 554 g/mol. The van der Waals surface area contributed by atoms with E-state index in [0.717, 1.165) is 28.7 Å². The maximum absolute atomic E-state index is 13.2. The highest BCUT2D eigenvalue weighted by Gasteiger charge is 2.33. The quantitative estimate of drug-likeness (QED) is 0.286. The monoisotopic (exact) mass is 553 g/mol. The normalized spacial score (nSPS) is 13.8. The summed E-state index contributed by atoms with van der Waals surface area (Å²) in [6.45, 7) is 9.99. The van der Waals surface area contributed by atoms with Crippen molar-refractivity contribution in [2.75, 3.05) is 46.0 Å². The summed E-state index contributed by atoms with van der Waals surface area (Å²) in [5, 5.41) is 14.8. The van der Waals surface area contributed by atoms with Gasteiger partial charge in [-0.05, 0) is 61.9 Å². The van der Waals surface area contributed by atoms with Crippen LogP contribution in [0, 0.1) is 0 Å². The molecule has 0 aromatic heterocycles. The first kappa shape index (κ1) is 31.1. The van der Waals surface area contributed by atoms with E-state index < -0.39 is 5.60 Å². The minimum atomic E-state index is -0.483. The maximum Gasteiger partial charge on any atom is 0.409 e. The molecule has 0 aliphatic heterocycles. The van der Waals surface area contributed by atoms with Gasteiger partial charge in [0.1, 0.15) is 6.61 Å². The lowest BCUT2D eigenvalue weighted by Gasteiger charge is -2.24. The summed E-state index contributed by atoms with van der Waals surface area (Å²) in [5.41, 5.74) is 3.86. The molecule has 2 aromatic rings. The van der Waals surface area contributed by atoms with Crippen LogP contribution in [0.3, 0.4) is 0 Å². The SMILES string of the molecule is CCCN(CC)C(=O)OCC1c2ccccc2-c2c(C(=O)NCCNC(=O)CCOC(C)(C)CCO)cccc21. The molecular formula is C31H43N3O6. The zero-order chi connectivity index (χ0) is 29.1. The number of rotatable bonds is 15. The molecule has 9 nitrogen and oxygen atoms in total. The molecule has 1 unspecified atom stereocenters. The molecule has 0 saturated carbocycles. The van der Waals surface area contributed by atoms with Crippen molar-refractivity contribution in [3.8, 4) is 11.1 Å². The minimum absolute atomic E-state index is 0.0277. The van der Waals surface area contributed by atoms with E-state index in [9.17, 15) is 14.4 Å². The van der Waals surface area contributed by atoms with Gasteiger partial charge in [0.2, 0.25) is 5.91 Å². The number of aliphatic hydroxyl groups excluding tert-OH is 1. The number of amides is 3. The van der Waals surface area contributed by atoms with Crippen molar-refractivity contribution >= 4 is 17.9 Å². The summed E-state index contributed by atoms with van der Waals surface area (Å²) in [6.07, 6.45) is 1.23. The number of hydrogen-bond donors (Lipinski definition) is 3. The summed E-state index contributed by atoms with van der Waals surface area (Å²) in [4.78, 5) is 39.7. The van der Waals surface area contributed by atoms with Crippen molar-refractivity contribution in [3.63, 3.8) is 0 Å². The van der Waals surface area contributed by atoms with Gasteiger partial charge in [-0.3, -0.25) is 9.59 Å². The second-order valence-electron chi connectivity index (χ2n) is 10.5. The summed E-state index contributed by atoms with van der Waals surface area (Å²) >= 11 is 0. The highest BCUT2D eigenvalue weighted by Crippen LogP contribution is 2.46. The second-order valence-corrected chi connectivity index (χ2v) is 10.5. The Labute approximate surface area is 237 Å². The number of fused-ring (bicyclic) bond motifs is 3. The van der Waals surface area contributed by atoms with Gasteiger partial charge in [0.15, 0.2) is 0 Å². The van der Waals surface area contributed by atoms with Gasteiger partial charge in [0.25, 0.3) is 5.91 Å². The molecule has 0 heterocycles. The third-order valence-electron chi connectivity index (χ3n) is 7.10. The first-order chi connectivity index (χ1) is 19.2. The van der Waals surface area contributed by atoms with Crippen LogP contribution in [0.15, 0.2) is 42.5 Å². The molecule has 3 rings (SSSR count). The van der Waals surface area contributed by atoms with E-state index in [4.69, 9.17) is 14.6 Å². The Hall–Kier alpha value is -3.43. The predicted octanol–water partition coefficient (Wildman–Crippen LogP) is 4.08. The van der Waals surface area contributed by atoms with Crippen LogP contribution in [-0.2, 0) is 14.3 Å². The van der Waals surface area contributed by atoms with Gasteiger partial charge < -0.3 is 30.1 Å². The first-order valence-electron chi connectivity index (χ1n) is 14.2. The van der Waals surface area contributed by atoms with E-state index in [-0.39, 0.29) is 56.6 Å². The maximum atomic E-state index is 13.2. The number of carbonyl (C=O) groups is 3. The van der Waals surface area contributed by atoms with Crippen LogP contribution in [0.5, 0.6) is 0 Å². The lowest BCUT2D eigenvalue weighted by molar-refractivity contribution is -0.123. The van der Waals surface area contributed by atoms with Gasteiger partial charge in [0, 0.05) is 50.7 Å². The zero-order valence-electron chi connectivity index (χ0n) is 24.1. The second kappa shape index (κ2) is 14.8. The molecular weight excluding hydrogens is 510 g/mol. The number of aliphatic hydroxyl groups is 1. The van der Waals surface area contributed by atoms with Gasteiger partial charge in [-0.1, -0.05) is 43.3 Å². The van der Waals surface area contributed by atoms with Gasteiger partial charge in [-0.25, -0.2) is 4.79 Å².